The maximum atomic E-state index is 12.0. The van der Waals surface area contributed by atoms with Gasteiger partial charge in [0.15, 0.2) is 0 Å². The van der Waals surface area contributed by atoms with Crippen LogP contribution in [0, 0.1) is 11.8 Å². The Labute approximate surface area is 105 Å². The number of nitrogens with one attached hydrogen (secondary N) is 1. The van der Waals surface area contributed by atoms with Crippen molar-refractivity contribution >= 4 is 11.9 Å². The fraction of sp³-hybridized carbons (Fsp3) is 0.385. The predicted molar refractivity (Wildman–Crippen MR) is 63.9 cm³/mol. The highest BCUT2D eigenvalue weighted by Crippen LogP contribution is 2.21. The predicted octanol–water partition coefficient (Wildman–Crippen LogP) is 0.601. The van der Waals surface area contributed by atoms with E-state index in [1.54, 1.807) is 24.3 Å². The number of rotatable bonds is 3. The monoisotopic (exact) mass is 249 g/mol. The summed E-state index contributed by atoms with van der Waals surface area (Å²) in [4.78, 5) is 23.5. The molecular formula is C13H15NO4. The van der Waals surface area contributed by atoms with Gasteiger partial charge in [0.05, 0.1) is 18.9 Å². The number of carbonyl (C=O) groups excluding carboxylic acids is 2. The van der Waals surface area contributed by atoms with Gasteiger partial charge >= 0.3 is 11.9 Å². The van der Waals surface area contributed by atoms with Crippen molar-refractivity contribution in [2.75, 3.05) is 20.2 Å². The Hall–Kier alpha value is -1.88. The third kappa shape index (κ3) is 2.68. The van der Waals surface area contributed by atoms with Crippen molar-refractivity contribution < 1.29 is 19.1 Å². The van der Waals surface area contributed by atoms with E-state index >= 15 is 0 Å². The lowest BCUT2D eigenvalue weighted by atomic mass is 9.96. The first-order valence-corrected chi connectivity index (χ1v) is 5.77. The van der Waals surface area contributed by atoms with E-state index in [1.165, 1.54) is 7.11 Å². The van der Waals surface area contributed by atoms with Gasteiger partial charge in [0, 0.05) is 13.1 Å². The molecule has 1 N–H and O–H groups in total. The largest absolute Gasteiger partial charge is 0.469 e. The van der Waals surface area contributed by atoms with E-state index in [4.69, 9.17) is 4.74 Å². The quantitative estimate of drug-likeness (QED) is 0.627. The number of hydrogen-bond acceptors (Lipinski definition) is 5. The van der Waals surface area contributed by atoms with Crippen LogP contribution in [0.1, 0.15) is 0 Å². The first-order valence-electron chi connectivity index (χ1n) is 5.77. The Kier molecular flexibility index (Phi) is 3.94. The molecule has 1 aromatic carbocycles. The fourth-order valence-corrected chi connectivity index (χ4v) is 2.01. The summed E-state index contributed by atoms with van der Waals surface area (Å²) in [6, 6.07) is 8.81. The van der Waals surface area contributed by atoms with Crippen LogP contribution in [-0.4, -0.2) is 32.1 Å². The van der Waals surface area contributed by atoms with E-state index in [9.17, 15) is 9.59 Å². The second-order valence-electron chi connectivity index (χ2n) is 4.13. The van der Waals surface area contributed by atoms with Crippen LogP contribution in [-0.2, 0) is 14.3 Å². The zero-order chi connectivity index (χ0) is 13.0. The highest BCUT2D eigenvalue weighted by molar-refractivity contribution is 5.84. The van der Waals surface area contributed by atoms with Crippen molar-refractivity contribution in [2.24, 2.45) is 11.8 Å². The molecule has 0 radical (unpaired) electrons. The van der Waals surface area contributed by atoms with Crippen molar-refractivity contribution in [3.8, 4) is 5.75 Å². The van der Waals surface area contributed by atoms with Gasteiger partial charge in [-0.05, 0) is 12.1 Å². The number of esters is 2. The van der Waals surface area contributed by atoms with Gasteiger partial charge in [-0.2, -0.15) is 0 Å². The van der Waals surface area contributed by atoms with Crippen molar-refractivity contribution in [1.29, 1.82) is 0 Å². The first-order chi connectivity index (χ1) is 8.72. The molecule has 0 aromatic heterocycles. The van der Waals surface area contributed by atoms with E-state index < -0.39 is 17.8 Å². The Morgan fingerprint density at radius 3 is 2.33 bits per heavy atom. The van der Waals surface area contributed by atoms with E-state index in [0.717, 1.165) is 0 Å². The zero-order valence-electron chi connectivity index (χ0n) is 10.1. The van der Waals surface area contributed by atoms with E-state index in [-0.39, 0.29) is 5.97 Å². The molecule has 2 unspecified atom stereocenters. The summed E-state index contributed by atoms with van der Waals surface area (Å²) in [5, 5.41) is 3.00. The number of ether oxygens (including phenoxy) is 2. The fourth-order valence-electron chi connectivity index (χ4n) is 2.01. The van der Waals surface area contributed by atoms with Crippen LogP contribution >= 0.6 is 0 Å². The molecule has 1 aromatic rings. The van der Waals surface area contributed by atoms with Gasteiger partial charge in [-0.3, -0.25) is 9.59 Å². The minimum absolute atomic E-state index is 0.380. The van der Waals surface area contributed by atoms with Crippen LogP contribution in [0.15, 0.2) is 30.3 Å². The van der Waals surface area contributed by atoms with Crippen LogP contribution in [0.3, 0.4) is 0 Å². The molecule has 96 valence electrons. The topological polar surface area (TPSA) is 64.6 Å². The Balaban J connectivity index is 2.02. The average molecular weight is 249 g/mol. The van der Waals surface area contributed by atoms with Gasteiger partial charge in [0.25, 0.3) is 0 Å². The second-order valence-corrected chi connectivity index (χ2v) is 4.13. The molecule has 0 saturated carbocycles. The van der Waals surface area contributed by atoms with Crippen molar-refractivity contribution in [1.82, 2.24) is 5.32 Å². The maximum absolute atomic E-state index is 12.0. The number of carbonyl (C=O) groups is 2. The molecule has 2 rings (SSSR count). The zero-order valence-corrected chi connectivity index (χ0v) is 10.1. The lowest BCUT2D eigenvalue weighted by Crippen LogP contribution is -2.32. The number of para-hydroxylation sites is 1. The van der Waals surface area contributed by atoms with Crippen LogP contribution in [0.4, 0.5) is 0 Å². The van der Waals surface area contributed by atoms with E-state index in [2.05, 4.69) is 10.1 Å². The maximum Gasteiger partial charge on any atom is 0.316 e. The Morgan fingerprint density at radius 2 is 1.72 bits per heavy atom. The molecule has 0 amide bonds. The number of methoxy groups -OCH3 is 1. The standard InChI is InChI=1S/C13H15NO4/c1-17-12(15)10-7-14-8-11(10)13(16)18-9-5-3-2-4-6-9/h2-6,10-11,14H,7-8H2,1H3. The summed E-state index contributed by atoms with van der Waals surface area (Å²) in [7, 11) is 1.32. The molecule has 0 spiro atoms. The lowest BCUT2D eigenvalue weighted by molar-refractivity contribution is -0.152. The summed E-state index contributed by atoms with van der Waals surface area (Å²) in [6.45, 7) is 0.882. The molecule has 18 heavy (non-hydrogen) atoms. The summed E-state index contributed by atoms with van der Waals surface area (Å²) < 4.78 is 9.91. The van der Waals surface area contributed by atoms with Crippen LogP contribution in [0.5, 0.6) is 5.75 Å². The first kappa shape index (κ1) is 12.6. The molecule has 1 heterocycles. The van der Waals surface area contributed by atoms with E-state index in [1.807, 2.05) is 6.07 Å². The molecule has 5 nitrogen and oxygen atoms in total. The number of hydrogen-bond donors (Lipinski definition) is 1. The van der Waals surface area contributed by atoms with Crippen LogP contribution < -0.4 is 10.1 Å². The SMILES string of the molecule is COC(=O)C1CNCC1C(=O)Oc1ccccc1. The Bertz CT molecular complexity index is 432. The average Bonchev–Trinajstić information content (AvgIpc) is 2.88. The summed E-state index contributed by atoms with van der Waals surface area (Å²) in [6.07, 6.45) is 0. The lowest BCUT2D eigenvalue weighted by Gasteiger charge is -2.15. The van der Waals surface area contributed by atoms with Crippen LogP contribution in [0.2, 0.25) is 0 Å². The molecule has 1 saturated heterocycles. The minimum Gasteiger partial charge on any atom is -0.469 e. The molecule has 1 aliphatic rings. The molecule has 2 atom stereocenters. The summed E-state index contributed by atoms with van der Waals surface area (Å²) >= 11 is 0. The number of benzene rings is 1. The molecular weight excluding hydrogens is 234 g/mol. The molecule has 1 fully saturated rings. The smallest absolute Gasteiger partial charge is 0.316 e. The van der Waals surface area contributed by atoms with Crippen molar-refractivity contribution in [3.05, 3.63) is 30.3 Å². The molecule has 5 heteroatoms. The third-order valence-corrected chi connectivity index (χ3v) is 2.98. The van der Waals surface area contributed by atoms with Gasteiger partial charge in [0.2, 0.25) is 0 Å². The highest BCUT2D eigenvalue weighted by atomic mass is 16.5. The van der Waals surface area contributed by atoms with Gasteiger partial charge in [-0.1, -0.05) is 18.2 Å². The third-order valence-electron chi connectivity index (χ3n) is 2.98. The van der Waals surface area contributed by atoms with Crippen LogP contribution in [0.25, 0.3) is 0 Å². The van der Waals surface area contributed by atoms with Gasteiger partial charge in [-0.25, -0.2) is 0 Å². The molecule has 0 bridgehead atoms. The molecule has 1 aliphatic heterocycles. The van der Waals surface area contributed by atoms with E-state index in [0.29, 0.717) is 18.8 Å². The van der Waals surface area contributed by atoms with Gasteiger partial charge in [0.1, 0.15) is 5.75 Å². The summed E-state index contributed by atoms with van der Waals surface area (Å²) in [5.41, 5.74) is 0. The van der Waals surface area contributed by atoms with Gasteiger partial charge in [-0.15, -0.1) is 0 Å². The molecule has 0 aliphatic carbocycles. The minimum atomic E-state index is -0.488. The highest BCUT2D eigenvalue weighted by Gasteiger charge is 2.39. The van der Waals surface area contributed by atoms with Gasteiger partial charge < -0.3 is 14.8 Å². The summed E-state index contributed by atoms with van der Waals surface area (Å²) in [5.74, 6) is -1.25. The van der Waals surface area contributed by atoms with Crippen molar-refractivity contribution in [3.63, 3.8) is 0 Å². The van der Waals surface area contributed by atoms with Crippen molar-refractivity contribution in [2.45, 2.75) is 0 Å². The normalized spacial score (nSPS) is 22.5. The Morgan fingerprint density at radius 1 is 1.11 bits per heavy atom. The second kappa shape index (κ2) is 5.64.